The van der Waals surface area contributed by atoms with Gasteiger partial charge in [-0.2, -0.15) is 0 Å². The van der Waals surface area contributed by atoms with E-state index in [-0.39, 0.29) is 5.60 Å². The Bertz CT molecular complexity index is 344. The molecule has 0 aromatic carbocycles. The summed E-state index contributed by atoms with van der Waals surface area (Å²) in [6.45, 7) is 3.35. The summed E-state index contributed by atoms with van der Waals surface area (Å²) in [5.74, 6) is 1.56. The lowest BCUT2D eigenvalue weighted by molar-refractivity contribution is -0.203. The number of esters is 1. The molecule has 4 rings (SSSR count). The minimum atomic E-state index is -0.639. The van der Waals surface area contributed by atoms with Gasteiger partial charge in [-0.3, -0.25) is 4.79 Å². The normalized spacial score (nSPS) is 46.9. The molecule has 4 fully saturated rings. The van der Waals surface area contributed by atoms with Gasteiger partial charge in [0.05, 0.1) is 0 Å². The molecule has 0 radical (unpaired) electrons. The van der Waals surface area contributed by atoms with Gasteiger partial charge in [0.2, 0.25) is 5.78 Å². The van der Waals surface area contributed by atoms with Crippen LogP contribution in [0.2, 0.25) is 0 Å². The highest BCUT2D eigenvalue weighted by molar-refractivity contribution is 6.32. The largest absolute Gasteiger partial charge is 0.453 e. The van der Waals surface area contributed by atoms with Crippen LogP contribution in [0.1, 0.15) is 46.0 Å². The van der Waals surface area contributed by atoms with E-state index in [9.17, 15) is 9.59 Å². The summed E-state index contributed by atoms with van der Waals surface area (Å²) in [6.07, 6.45) is 6.14. The Balaban J connectivity index is 1.82. The molecule has 0 atom stereocenters. The Morgan fingerprint density at radius 2 is 1.47 bits per heavy atom. The molecule has 0 N–H and O–H groups in total. The number of carbonyl (C=O) groups is 2. The first-order chi connectivity index (χ1) is 7.99. The molecule has 17 heavy (non-hydrogen) atoms. The Kier molecular flexibility index (Phi) is 2.36. The smallest absolute Gasteiger partial charge is 0.374 e. The minimum absolute atomic E-state index is 0.365. The van der Waals surface area contributed by atoms with Crippen molar-refractivity contribution in [2.24, 2.45) is 23.7 Å². The van der Waals surface area contributed by atoms with Crippen LogP contribution < -0.4 is 0 Å². The van der Waals surface area contributed by atoms with E-state index in [2.05, 4.69) is 6.92 Å². The summed E-state index contributed by atoms with van der Waals surface area (Å²) in [7, 11) is 0. The number of hydrogen-bond acceptors (Lipinski definition) is 3. The molecule has 0 aromatic heterocycles. The summed E-state index contributed by atoms with van der Waals surface area (Å²) < 4.78 is 5.59. The molecule has 4 bridgehead atoms. The molecule has 0 spiro atoms. The molecular formula is C14H20O3. The van der Waals surface area contributed by atoms with Crippen molar-refractivity contribution >= 4 is 11.8 Å². The molecule has 4 aliphatic carbocycles. The summed E-state index contributed by atoms with van der Waals surface area (Å²) in [5, 5.41) is 0. The van der Waals surface area contributed by atoms with Gasteiger partial charge >= 0.3 is 5.97 Å². The lowest BCUT2D eigenvalue weighted by atomic mass is 9.50. The molecule has 0 heterocycles. The maximum atomic E-state index is 11.6. The number of ether oxygens (including phenoxy) is 1. The second kappa shape index (κ2) is 3.56. The van der Waals surface area contributed by atoms with E-state index in [0.29, 0.717) is 11.8 Å². The van der Waals surface area contributed by atoms with E-state index in [1.54, 1.807) is 0 Å². The van der Waals surface area contributed by atoms with Gasteiger partial charge in [-0.25, -0.2) is 4.79 Å². The summed E-state index contributed by atoms with van der Waals surface area (Å²) in [5.41, 5.74) is -0.365. The van der Waals surface area contributed by atoms with Crippen molar-refractivity contribution in [3.63, 3.8) is 0 Å². The second-order valence-corrected chi connectivity index (χ2v) is 6.43. The molecule has 3 heteroatoms. The Hall–Kier alpha value is -0.860. The fourth-order valence-corrected chi connectivity index (χ4v) is 4.56. The Labute approximate surface area is 102 Å². The van der Waals surface area contributed by atoms with Crippen molar-refractivity contribution in [1.29, 1.82) is 0 Å². The average Bonchev–Trinajstić information content (AvgIpc) is 2.25. The Morgan fingerprint density at radius 3 is 1.88 bits per heavy atom. The molecule has 0 aliphatic heterocycles. The molecule has 4 saturated carbocycles. The van der Waals surface area contributed by atoms with Gasteiger partial charge in [0.25, 0.3) is 0 Å². The third-order valence-corrected chi connectivity index (χ3v) is 5.36. The van der Waals surface area contributed by atoms with Crippen LogP contribution in [0.15, 0.2) is 0 Å². The third kappa shape index (κ3) is 1.62. The average molecular weight is 236 g/mol. The zero-order chi connectivity index (χ0) is 12.2. The first-order valence-electron chi connectivity index (χ1n) is 6.73. The van der Waals surface area contributed by atoms with E-state index in [1.165, 1.54) is 39.0 Å². The lowest BCUT2D eigenvalue weighted by Crippen LogP contribution is -2.58. The predicted octanol–water partition coefficient (Wildman–Crippen LogP) is 2.33. The van der Waals surface area contributed by atoms with Gasteiger partial charge in [0.15, 0.2) is 0 Å². The SMILES string of the molecule is CC(=O)C(=O)OC1(C)C2CC3CC(C2)CC1C3. The number of carbonyl (C=O) groups excluding carboxylic acids is 2. The number of Topliss-reactive ketones (excluding diaryl/α,β-unsaturated/α-hetero) is 1. The molecular weight excluding hydrogens is 216 g/mol. The topological polar surface area (TPSA) is 43.4 Å². The molecule has 94 valence electrons. The maximum Gasteiger partial charge on any atom is 0.374 e. The van der Waals surface area contributed by atoms with Crippen molar-refractivity contribution in [3.8, 4) is 0 Å². The van der Waals surface area contributed by atoms with Crippen LogP contribution >= 0.6 is 0 Å². The molecule has 0 aromatic rings. The van der Waals surface area contributed by atoms with E-state index < -0.39 is 11.8 Å². The highest BCUT2D eigenvalue weighted by Gasteiger charge is 2.57. The van der Waals surface area contributed by atoms with Crippen LogP contribution in [0.4, 0.5) is 0 Å². The van der Waals surface area contributed by atoms with Crippen LogP contribution in [0.25, 0.3) is 0 Å². The molecule has 0 amide bonds. The van der Waals surface area contributed by atoms with E-state index in [0.717, 1.165) is 11.8 Å². The second-order valence-electron chi connectivity index (χ2n) is 6.43. The highest BCUT2D eigenvalue weighted by atomic mass is 16.6. The van der Waals surface area contributed by atoms with Crippen molar-refractivity contribution in [2.75, 3.05) is 0 Å². The van der Waals surface area contributed by atoms with Crippen LogP contribution in [0.5, 0.6) is 0 Å². The minimum Gasteiger partial charge on any atom is -0.453 e. The quantitative estimate of drug-likeness (QED) is 0.546. The molecule has 3 nitrogen and oxygen atoms in total. The standard InChI is InChI=1S/C14H20O3/c1-8(15)13(16)17-14(2)11-4-9-3-10(6-11)7-12(14)5-9/h9-12H,3-7H2,1-2H3. The monoisotopic (exact) mass is 236 g/mol. The first kappa shape index (κ1) is 11.2. The molecule has 0 saturated heterocycles. The van der Waals surface area contributed by atoms with Crippen LogP contribution in [-0.4, -0.2) is 17.4 Å². The van der Waals surface area contributed by atoms with Gasteiger partial charge in [-0.1, -0.05) is 0 Å². The number of ketones is 1. The van der Waals surface area contributed by atoms with Crippen molar-refractivity contribution in [3.05, 3.63) is 0 Å². The molecule has 4 aliphatic rings. The van der Waals surface area contributed by atoms with Crippen LogP contribution in [0, 0.1) is 23.7 Å². The zero-order valence-electron chi connectivity index (χ0n) is 10.6. The molecule has 0 unspecified atom stereocenters. The van der Waals surface area contributed by atoms with Gasteiger partial charge in [-0.15, -0.1) is 0 Å². The lowest BCUT2D eigenvalue weighted by Gasteiger charge is -2.58. The summed E-state index contributed by atoms with van der Waals surface area (Å²) >= 11 is 0. The predicted molar refractivity (Wildman–Crippen MR) is 62.2 cm³/mol. The first-order valence-corrected chi connectivity index (χ1v) is 6.73. The van der Waals surface area contributed by atoms with E-state index in [4.69, 9.17) is 4.74 Å². The zero-order valence-corrected chi connectivity index (χ0v) is 10.6. The fourth-order valence-electron chi connectivity index (χ4n) is 4.56. The van der Waals surface area contributed by atoms with Gasteiger partial charge in [0.1, 0.15) is 5.60 Å². The Morgan fingerprint density at radius 1 is 1.00 bits per heavy atom. The van der Waals surface area contributed by atoms with Gasteiger partial charge < -0.3 is 4.74 Å². The van der Waals surface area contributed by atoms with Crippen molar-refractivity contribution in [2.45, 2.75) is 51.6 Å². The third-order valence-electron chi connectivity index (χ3n) is 5.36. The summed E-state index contributed by atoms with van der Waals surface area (Å²) in [4.78, 5) is 22.6. The van der Waals surface area contributed by atoms with E-state index >= 15 is 0 Å². The van der Waals surface area contributed by atoms with Gasteiger partial charge in [0, 0.05) is 6.92 Å². The van der Waals surface area contributed by atoms with Crippen LogP contribution in [0.3, 0.4) is 0 Å². The van der Waals surface area contributed by atoms with Crippen molar-refractivity contribution in [1.82, 2.24) is 0 Å². The van der Waals surface area contributed by atoms with E-state index in [1.807, 2.05) is 0 Å². The fraction of sp³-hybridized carbons (Fsp3) is 0.857. The van der Waals surface area contributed by atoms with Crippen LogP contribution in [-0.2, 0) is 14.3 Å². The van der Waals surface area contributed by atoms with Gasteiger partial charge in [-0.05, 0) is 62.7 Å². The number of hydrogen-bond donors (Lipinski definition) is 0. The maximum absolute atomic E-state index is 11.6. The number of rotatable bonds is 2. The summed E-state index contributed by atoms with van der Waals surface area (Å²) in [6, 6.07) is 0. The van der Waals surface area contributed by atoms with Crippen molar-refractivity contribution < 1.29 is 14.3 Å². The highest BCUT2D eigenvalue weighted by Crippen LogP contribution is 2.59.